The van der Waals surface area contributed by atoms with Gasteiger partial charge in [-0.15, -0.1) is 0 Å². The number of ether oxygens (including phenoxy) is 1. The Bertz CT molecular complexity index is 851. The van der Waals surface area contributed by atoms with Gasteiger partial charge in [0.15, 0.2) is 0 Å². The average molecular weight is 391 g/mol. The largest absolute Gasteiger partial charge is 0.497 e. The van der Waals surface area contributed by atoms with Crippen LogP contribution in [0.4, 0.5) is 5.69 Å². The maximum Gasteiger partial charge on any atom is 0.244 e. The molecule has 0 aliphatic heterocycles. The number of nitrogens with zero attached hydrogens (tertiary/aromatic N) is 1. The number of anilines is 1. The first-order chi connectivity index (χ1) is 12.8. The van der Waals surface area contributed by atoms with Crippen LogP contribution in [0.1, 0.15) is 31.9 Å². The van der Waals surface area contributed by atoms with Crippen LogP contribution in [0.2, 0.25) is 0 Å². The van der Waals surface area contributed by atoms with Gasteiger partial charge in [0.25, 0.3) is 0 Å². The molecule has 2 rings (SSSR count). The maximum absolute atomic E-state index is 12.8. The lowest BCUT2D eigenvalue weighted by Gasteiger charge is -2.29. The Morgan fingerprint density at radius 3 is 2.19 bits per heavy atom. The van der Waals surface area contributed by atoms with Crippen molar-refractivity contribution in [3.63, 3.8) is 0 Å². The van der Waals surface area contributed by atoms with Crippen LogP contribution in [0.5, 0.6) is 5.75 Å². The number of nitrogens with one attached hydrogen (secondary N) is 1. The molecular formula is C20H26N2O4S. The topological polar surface area (TPSA) is 75.7 Å². The summed E-state index contributed by atoms with van der Waals surface area (Å²) in [4.78, 5) is 12.8. The van der Waals surface area contributed by atoms with Crippen LogP contribution in [0.15, 0.2) is 54.6 Å². The third kappa shape index (κ3) is 5.23. The molecular weight excluding hydrogens is 364 g/mol. The first kappa shape index (κ1) is 20.8. The van der Waals surface area contributed by atoms with Crippen molar-refractivity contribution < 1.29 is 17.9 Å². The summed E-state index contributed by atoms with van der Waals surface area (Å²) in [6.07, 6.45) is 1.78. The minimum absolute atomic E-state index is 0.219. The Hall–Kier alpha value is -2.54. The smallest absolute Gasteiger partial charge is 0.244 e. The molecule has 2 aromatic rings. The minimum Gasteiger partial charge on any atom is -0.497 e. The summed E-state index contributed by atoms with van der Waals surface area (Å²) in [5, 5.41) is 2.96. The van der Waals surface area contributed by atoms with E-state index in [0.29, 0.717) is 12.1 Å². The van der Waals surface area contributed by atoms with E-state index >= 15 is 0 Å². The molecule has 0 spiro atoms. The van der Waals surface area contributed by atoms with E-state index in [1.807, 2.05) is 31.2 Å². The minimum atomic E-state index is -3.62. The van der Waals surface area contributed by atoms with Gasteiger partial charge in [-0.1, -0.05) is 37.3 Å². The molecule has 0 fully saturated rings. The lowest BCUT2D eigenvalue weighted by molar-refractivity contribution is -0.122. The number of amides is 1. The van der Waals surface area contributed by atoms with E-state index in [9.17, 15) is 13.2 Å². The number of rotatable bonds is 8. The van der Waals surface area contributed by atoms with E-state index in [4.69, 9.17) is 4.74 Å². The number of methoxy groups -OCH3 is 1. The Morgan fingerprint density at radius 1 is 1.11 bits per heavy atom. The summed E-state index contributed by atoms with van der Waals surface area (Å²) < 4.78 is 30.9. The second-order valence-electron chi connectivity index (χ2n) is 6.31. The lowest BCUT2D eigenvalue weighted by atomic mass is 10.0. The molecule has 0 aromatic heterocycles. The van der Waals surface area contributed by atoms with Crippen molar-refractivity contribution >= 4 is 21.6 Å². The number of hydrogen-bond donors (Lipinski definition) is 1. The monoisotopic (exact) mass is 390 g/mol. The number of sulfonamides is 1. The summed E-state index contributed by atoms with van der Waals surface area (Å²) in [5.41, 5.74) is 1.39. The Labute approximate surface area is 161 Å². The molecule has 2 atom stereocenters. The fourth-order valence-corrected chi connectivity index (χ4v) is 4.11. The number of hydrogen-bond acceptors (Lipinski definition) is 4. The van der Waals surface area contributed by atoms with Gasteiger partial charge in [-0.25, -0.2) is 8.42 Å². The molecule has 146 valence electrons. The molecule has 1 amide bonds. The van der Waals surface area contributed by atoms with Gasteiger partial charge < -0.3 is 10.1 Å². The Kier molecular flexibility index (Phi) is 6.85. The van der Waals surface area contributed by atoms with Gasteiger partial charge >= 0.3 is 0 Å². The van der Waals surface area contributed by atoms with Crippen LogP contribution in [0.25, 0.3) is 0 Å². The molecule has 0 radical (unpaired) electrons. The molecule has 0 saturated carbocycles. The summed E-state index contributed by atoms with van der Waals surface area (Å²) in [5.74, 6) is 0.382. The van der Waals surface area contributed by atoms with Crippen LogP contribution in [0.3, 0.4) is 0 Å². The van der Waals surface area contributed by atoms with Crippen LogP contribution < -0.4 is 14.4 Å². The molecule has 1 N–H and O–H groups in total. The fraction of sp³-hybridized carbons (Fsp3) is 0.350. The maximum atomic E-state index is 12.8. The number of carbonyl (C=O) groups is 1. The zero-order chi connectivity index (χ0) is 20.0. The van der Waals surface area contributed by atoms with Crippen LogP contribution in [0, 0.1) is 0 Å². The summed E-state index contributed by atoms with van der Waals surface area (Å²) in [6, 6.07) is 15.0. The van der Waals surface area contributed by atoms with E-state index in [-0.39, 0.29) is 11.9 Å². The summed E-state index contributed by atoms with van der Waals surface area (Å²) >= 11 is 0. The van der Waals surface area contributed by atoms with Crippen molar-refractivity contribution in [1.82, 2.24) is 5.32 Å². The Morgan fingerprint density at radius 2 is 1.70 bits per heavy atom. The number of benzene rings is 2. The zero-order valence-corrected chi connectivity index (χ0v) is 16.9. The third-order valence-electron chi connectivity index (χ3n) is 4.34. The van der Waals surface area contributed by atoms with Crippen molar-refractivity contribution in [2.24, 2.45) is 0 Å². The zero-order valence-electron chi connectivity index (χ0n) is 16.0. The van der Waals surface area contributed by atoms with E-state index in [1.165, 1.54) is 0 Å². The van der Waals surface area contributed by atoms with Crippen molar-refractivity contribution in [2.75, 3.05) is 17.7 Å². The third-order valence-corrected chi connectivity index (χ3v) is 5.58. The van der Waals surface area contributed by atoms with Gasteiger partial charge in [0.2, 0.25) is 15.9 Å². The molecule has 7 heteroatoms. The predicted octanol–water partition coefficient (Wildman–Crippen LogP) is 3.12. The van der Waals surface area contributed by atoms with Gasteiger partial charge in [-0.3, -0.25) is 9.10 Å². The van der Waals surface area contributed by atoms with Crippen molar-refractivity contribution in [3.05, 3.63) is 60.2 Å². The van der Waals surface area contributed by atoms with Gasteiger partial charge in [-0.2, -0.15) is 0 Å². The number of para-hydroxylation sites is 1. The number of carbonyl (C=O) groups excluding carboxylic acids is 1. The molecule has 0 bridgehead atoms. The second-order valence-corrected chi connectivity index (χ2v) is 8.17. The van der Waals surface area contributed by atoms with E-state index in [0.717, 1.165) is 21.9 Å². The molecule has 2 aromatic carbocycles. The summed E-state index contributed by atoms with van der Waals surface area (Å²) in [7, 11) is -2.03. The van der Waals surface area contributed by atoms with Crippen LogP contribution >= 0.6 is 0 Å². The van der Waals surface area contributed by atoms with Crippen molar-refractivity contribution in [1.29, 1.82) is 0 Å². The Balaban J connectivity index is 2.22. The van der Waals surface area contributed by atoms with Gasteiger partial charge in [0, 0.05) is 0 Å². The molecule has 0 saturated heterocycles. The van der Waals surface area contributed by atoms with E-state index in [2.05, 4.69) is 5.32 Å². The first-order valence-corrected chi connectivity index (χ1v) is 10.6. The van der Waals surface area contributed by atoms with Crippen molar-refractivity contribution in [3.8, 4) is 5.75 Å². The second kappa shape index (κ2) is 8.90. The lowest BCUT2D eigenvalue weighted by Crippen LogP contribution is -2.48. The van der Waals surface area contributed by atoms with Gasteiger partial charge in [0.1, 0.15) is 11.8 Å². The quantitative estimate of drug-likeness (QED) is 0.751. The molecule has 27 heavy (non-hydrogen) atoms. The van der Waals surface area contributed by atoms with Gasteiger partial charge in [0.05, 0.1) is 25.1 Å². The van der Waals surface area contributed by atoms with E-state index < -0.39 is 16.1 Å². The SMILES string of the molecule is CCC(NC(=O)C(C)N(c1ccccc1)S(C)(=O)=O)c1ccc(OC)cc1. The molecule has 6 nitrogen and oxygen atoms in total. The molecule has 2 unspecified atom stereocenters. The molecule has 0 heterocycles. The molecule has 0 aliphatic carbocycles. The highest BCUT2D eigenvalue weighted by Gasteiger charge is 2.30. The normalized spacial score (nSPS) is 13.5. The highest BCUT2D eigenvalue weighted by molar-refractivity contribution is 7.92. The standard InChI is InChI=1S/C20H26N2O4S/c1-5-19(16-11-13-18(26-3)14-12-16)21-20(23)15(2)22(27(4,24)25)17-9-7-6-8-10-17/h6-15,19H,5H2,1-4H3,(H,21,23). The molecule has 0 aliphatic rings. The van der Waals surface area contributed by atoms with Crippen LogP contribution in [-0.2, 0) is 14.8 Å². The van der Waals surface area contributed by atoms with Crippen molar-refractivity contribution in [2.45, 2.75) is 32.4 Å². The van der Waals surface area contributed by atoms with Crippen LogP contribution in [-0.4, -0.2) is 33.7 Å². The highest BCUT2D eigenvalue weighted by Crippen LogP contribution is 2.23. The highest BCUT2D eigenvalue weighted by atomic mass is 32.2. The average Bonchev–Trinajstić information content (AvgIpc) is 2.65. The summed E-state index contributed by atoms with van der Waals surface area (Å²) in [6.45, 7) is 3.55. The fourth-order valence-electron chi connectivity index (χ4n) is 2.93. The van der Waals surface area contributed by atoms with Gasteiger partial charge in [-0.05, 0) is 43.2 Å². The predicted molar refractivity (Wildman–Crippen MR) is 107 cm³/mol. The van der Waals surface area contributed by atoms with E-state index in [1.54, 1.807) is 44.4 Å². The first-order valence-electron chi connectivity index (χ1n) is 8.76.